The number of carbonyl (C=O) groups is 1. The fourth-order valence-corrected chi connectivity index (χ4v) is 1.93. The van der Waals surface area contributed by atoms with Crippen LogP contribution in [0.3, 0.4) is 0 Å². The van der Waals surface area contributed by atoms with Crippen molar-refractivity contribution in [2.75, 3.05) is 0 Å². The highest BCUT2D eigenvalue weighted by atomic mass is 16.6. The van der Waals surface area contributed by atoms with E-state index in [1.807, 2.05) is 0 Å². The van der Waals surface area contributed by atoms with E-state index in [2.05, 4.69) is 0 Å². The van der Waals surface area contributed by atoms with Gasteiger partial charge in [-0.3, -0.25) is 25.0 Å². The Morgan fingerprint density at radius 1 is 0.952 bits per heavy atom. The second-order valence-corrected chi connectivity index (χ2v) is 4.39. The van der Waals surface area contributed by atoms with Gasteiger partial charge in [0.05, 0.1) is 9.85 Å². The lowest BCUT2D eigenvalue weighted by atomic mass is 10.0. The summed E-state index contributed by atoms with van der Waals surface area (Å²) >= 11 is 0. The van der Waals surface area contributed by atoms with Crippen molar-refractivity contribution in [3.63, 3.8) is 0 Å². The monoisotopic (exact) mass is 286 g/mol. The van der Waals surface area contributed by atoms with Crippen molar-refractivity contribution in [1.29, 1.82) is 0 Å². The SMILES string of the molecule is Cc1cc(C(=O)c2cccc([N+](=O)[O-])c2)ccc1[N+](=O)[O-]. The van der Waals surface area contributed by atoms with E-state index in [0.29, 0.717) is 5.56 Å². The lowest BCUT2D eigenvalue weighted by molar-refractivity contribution is -0.385. The molecule has 0 N–H and O–H groups in total. The molecule has 0 aliphatic carbocycles. The van der Waals surface area contributed by atoms with Crippen LogP contribution < -0.4 is 0 Å². The molecule has 2 aromatic carbocycles. The van der Waals surface area contributed by atoms with Gasteiger partial charge in [-0.2, -0.15) is 0 Å². The van der Waals surface area contributed by atoms with Crippen LogP contribution in [0.25, 0.3) is 0 Å². The summed E-state index contributed by atoms with van der Waals surface area (Å²) in [5.74, 6) is -0.420. The first-order valence-electron chi connectivity index (χ1n) is 5.94. The van der Waals surface area contributed by atoms with Crippen LogP contribution in [0.1, 0.15) is 21.5 Å². The second-order valence-electron chi connectivity index (χ2n) is 4.39. The molecule has 0 aromatic heterocycles. The van der Waals surface area contributed by atoms with Crippen LogP contribution in [0.15, 0.2) is 42.5 Å². The minimum Gasteiger partial charge on any atom is -0.289 e. The number of hydrogen-bond acceptors (Lipinski definition) is 5. The fraction of sp³-hybridized carbons (Fsp3) is 0.0714. The van der Waals surface area contributed by atoms with Gasteiger partial charge in [0.1, 0.15) is 0 Å². The highest BCUT2D eigenvalue weighted by Gasteiger charge is 2.16. The van der Waals surface area contributed by atoms with E-state index >= 15 is 0 Å². The van der Waals surface area contributed by atoms with E-state index < -0.39 is 15.6 Å². The molecule has 0 unspecified atom stereocenters. The number of nitrogens with zero attached hydrogens (tertiary/aromatic N) is 2. The Kier molecular flexibility index (Phi) is 3.75. The molecule has 0 heterocycles. The largest absolute Gasteiger partial charge is 0.289 e. The van der Waals surface area contributed by atoms with E-state index in [0.717, 1.165) is 0 Å². The van der Waals surface area contributed by atoms with Gasteiger partial charge in [-0.1, -0.05) is 12.1 Å². The lowest BCUT2D eigenvalue weighted by Crippen LogP contribution is -2.03. The van der Waals surface area contributed by atoms with E-state index in [4.69, 9.17) is 0 Å². The molecular weight excluding hydrogens is 276 g/mol. The van der Waals surface area contributed by atoms with Gasteiger partial charge in [-0.25, -0.2) is 0 Å². The summed E-state index contributed by atoms with van der Waals surface area (Å²) in [7, 11) is 0. The van der Waals surface area contributed by atoms with E-state index in [1.165, 1.54) is 49.4 Å². The van der Waals surface area contributed by atoms with Crippen LogP contribution in [-0.2, 0) is 0 Å². The molecule has 0 radical (unpaired) electrons. The maximum Gasteiger partial charge on any atom is 0.272 e. The van der Waals surface area contributed by atoms with Gasteiger partial charge in [-0.05, 0) is 19.1 Å². The molecule has 0 saturated heterocycles. The molecule has 7 heteroatoms. The molecule has 0 atom stereocenters. The number of hydrogen-bond donors (Lipinski definition) is 0. The van der Waals surface area contributed by atoms with Gasteiger partial charge in [0, 0.05) is 34.9 Å². The highest BCUT2D eigenvalue weighted by Crippen LogP contribution is 2.22. The topological polar surface area (TPSA) is 103 Å². The Balaban J connectivity index is 2.40. The number of rotatable bonds is 4. The second kappa shape index (κ2) is 5.49. The average molecular weight is 286 g/mol. The van der Waals surface area contributed by atoms with Crippen molar-refractivity contribution in [2.45, 2.75) is 6.92 Å². The van der Waals surface area contributed by atoms with Gasteiger partial charge in [-0.15, -0.1) is 0 Å². The first-order chi connectivity index (χ1) is 9.90. The Labute approximate surface area is 119 Å². The summed E-state index contributed by atoms with van der Waals surface area (Å²) in [6.45, 7) is 1.53. The Morgan fingerprint density at radius 3 is 2.19 bits per heavy atom. The minimum atomic E-state index is -0.585. The zero-order chi connectivity index (χ0) is 15.6. The summed E-state index contributed by atoms with van der Waals surface area (Å²) in [6.07, 6.45) is 0. The van der Waals surface area contributed by atoms with Gasteiger partial charge in [0.2, 0.25) is 0 Å². The molecule has 106 valence electrons. The summed E-state index contributed by atoms with van der Waals surface area (Å²) in [5.41, 5.74) is 0.511. The van der Waals surface area contributed by atoms with Gasteiger partial charge < -0.3 is 0 Å². The summed E-state index contributed by atoms with van der Waals surface area (Å²) < 4.78 is 0. The van der Waals surface area contributed by atoms with Gasteiger partial charge >= 0.3 is 0 Å². The number of non-ortho nitro benzene ring substituents is 1. The number of carbonyl (C=O) groups excluding carboxylic acids is 1. The zero-order valence-corrected chi connectivity index (χ0v) is 11.0. The molecule has 0 amide bonds. The number of aryl methyl sites for hydroxylation is 1. The summed E-state index contributed by atoms with van der Waals surface area (Å²) in [6, 6.07) is 9.35. The van der Waals surface area contributed by atoms with E-state index in [1.54, 1.807) is 0 Å². The standard InChI is InChI=1S/C14H10N2O5/c1-9-7-11(5-6-13(9)16(20)21)14(17)10-3-2-4-12(8-10)15(18)19/h2-8H,1H3. The molecule has 0 fully saturated rings. The van der Waals surface area contributed by atoms with Crippen molar-refractivity contribution >= 4 is 17.2 Å². The number of nitro groups is 2. The van der Waals surface area contributed by atoms with Crippen molar-refractivity contribution in [3.8, 4) is 0 Å². The third-order valence-corrected chi connectivity index (χ3v) is 2.97. The number of nitro benzene ring substituents is 2. The Bertz CT molecular complexity index is 755. The van der Waals surface area contributed by atoms with Crippen LogP contribution in [-0.4, -0.2) is 15.6 Å². The van der Waals surface area contributed by atoms with Crippen LogP contribution in [0.5, 0.6) is 0 Å². The van der Waals surface area contributed by atoms with Crippen molar-refractivity contribution in [3.05, 3.63) is 79.4 Å². The lowest BCUT2D eigenvalue weighted by Gasteiger charge is -2.03. The maximum atomic E-state index is 12.3. The van der Waals surface area contributed by atoms with Gasteiger partial charge in [0.15, 0.2) is 5.78 Å². The number of benzene rings is 2. The Hall–Kier alpha value is -3.09. The molecule has 2 aromatic rings. The molecule has 7 nitrogen and oxygen atoms in total. The van der Waals surface area contributed by atoms with E-state index in [9.17, 15) is 25.0 Å². The van der Waals surface area contributed by atoms with Crippen molar-refractivity contribution < 1.29 is 14.6 Å². The average Bonchev–Trinajstić information content (AvgIpc) is 2.46. The number of ketones is 1. The van der Waals surface area contributed by atoms with Crippen LogP contribution in [0.2, 0.25) is 0 Å². The minimum absolute atomic E-state index is 0.0782. The molecule has 0 spiro atoms. The Morgan fingerprint density at radius 2 is 1.62 bits per heavy atom. The van der Waals surface area contributed by atoms with Crippen LogP contribution in [0, 0.1) is 27.2 Å². The zero-order valence-electron chi connectivity index (χ0n) is 11.0. The van der Waals surface area contributed by atoms with E-state index in [-0.39, 0.29) is 22.5 Å². The summed E-state index contributed by atoms with van der Waals surface area (Å²) in [4.78, 5) is 32.6. The van der Waals surface area contributed by atoms with Crippen LogP contribution in [0.4, 0.5) is 11.4 Å². The third-order valence-electron chi connectivity index (χ3n) is 2.97. The molecule has 0 aliphatic rings. The molecule has 21 heavy (non-hydrogen) atoms. The smallest absolute Gasteiger partial charge is 0.272 e. The molecule has 0 aliphatic heterocycles. The van der Waals surface area contributed by atoms with Crippen molar-refractivity contribution in [1.82, 2.24) is 0 Å². The molecule has 0 saturated carbocycles. The van der Waals surface area contributed by atoms with Crippen molar-refractivity contribution in [2.24, 2.45) is 0 Å². The first-order valence-corrected chi connectivity index (χ1v) is 5.94. The molecule has 0 bridgehead atoms. The fourth-order valence-electron chi connectivity index (χ4n) is 1.93. The predicted octanol–water partition coefficient (Wildman–Crippen LogP) is 3.04. The quantitative estimate of drug-likeness (QED) is 0.488. The molecular formula is C14H10N2O5. The highest BCUT2D eigenvalue weighted by molar-refractivity contribution is 6.09. The maximum absolute atomic E-state index is 12.3. The third kappa shape index (κ3) is 2.92. The first kappa shape index (κ1) is 14.3. The van der Waals surface area contributed by atoms with Gasteiger partial charge in [0.25, 0.3) is 11.4 Å². The molecule has 2 rings (SSSR count). The predicted molar refractivity (Wildman–Crippen MR) is 74.4 cm³/mol. The summed E-state index contributed by atoms with van der Waals surface area (Å²) in [5, 5.41) is 21.4. The normalized spacial score (nSPS) is 10.1. The van der Waals surface area contributed by atoms with Crippen LogP contribution >= 0.6 is 0 Å².